The van der Waals surface area contributed by atoms with E-state index >= 15 is 0 Å². The first-order valence-corrected chi connectivity index (χ1v) is 6.35. The second-order valence-corrected chi connectivity index (χ2v) is 4.64. The first-order chi connectivity index (χ1) is 9.66. The molecule has 3 rings (SSSR count). The van der Waals surface area contributed by atoms with Crippen LogP contribution in [0.4, 0.5) is 4.39 Å². The number of ether oxygens (including phenoxy) is 1. The Balaban J connectivity index is 2.13. The van der Waals surface area contributed by atoms with Crippen LogP contribution < -0.4 is 0 Å². The number of aromatic carboxylic acids is 1. The molecule has 2 aromatic rings. The van der Waals surface area contributed by atoms with E-state index in [1.807, 2.05) is 0 Å². The third-order valence-electron chi connectivity index (χ3n) is 3.32. The van der Waals surface area contributed by atoms with Crippen LogP contribution in [0.2, 0.25) is 0 Å². The zero-order valence-electron chi connectivity index (χ0n) is 10.6. The van der Waals surface area contributed by atoms with Gasteiger partial charge in [-0.15, -0.1) is 0 Å². The normalized spacial score (nSPS) is 18.4. The minimum atomic E-state index is -1.06. The van der Waals surface area contributed by atoms with Crippen molar-refractivity contribution in [3.05, 3.63) is 47.5 Å². The zero-order valence-corrected chi connectivity index (χ0v) is 10.6. The minimum absolute atomic E-state index is 0.0983. The molecule has 1 unspecified atom stereocenters. The van der Waals surface area contributed by atoms with Gasteiger partial charge in [0.1, 0.15) is 17.5 Å². The average Bonchev–Trinajstić information content (AvgIpc) is 3.07. The van der Waals surface area contributed by atoms with E-state index in [-0.39, 0.29) is 11.7 Å². The van der Waals surface area contributed by atoms with Crippen LogP contribution in [0.3, 0.4) is 0 Å². The smallest absolute Gasteiger partial charge is 0.339 e. The van der Waals surface area contributed by atoms with E-state index in [1.165, 1.54) is 23.0 Å². The van der Waals surface area contributed by atoms with Gasteiger partial charge in [0.15, 0.2) is 0 Å². The van der Waals surface area contributed by atoms with Crippen molar-refractivity contribution in [2.45, 2.75) is 18.9 Å². The lowest BCUT2D eigenvalue weighted by Gasteiger charge is -2.14. The van der Waals surface area contributed by atoms with Crippen molar-refractivity contribution in [1.29, 1.82) is 0 Å². The summed E-state index contributed by atoms with van der Waals surface area (Å²) in [4.78, 5) is 11.3. The fraction of sp³-hybridized carbons (Fsp3) is 0.286. The first-order valence-electron chi connectivity index (χ1n) is 6.35. The number of aromatic nitrogens is 2. The van der Waals surface area contributed by atoms with Crippen LogP contribution in [0.5, 0.6) is 0 Å². The van der Waals surface area contributed by atoms with Crippen molar-refractivity contribution in [3.63, 3.8) is 0 Å². The molecule has 1 aliphatic heterocycles. The topological polar surface area (TPSA) is 64.3 Å². The van der Waals surface area contributed by atoms with Gasteiger partial charge in [0, 0.05) is 6.61 Å². The number of nitrogens with zero attached hydrogens (tertiary/aromatic N) is 2. The van der Waals surface area contributed by atoms with E-state index in [9.17, 15) is 14.3 Å². The van der Waals surface area contributed by atoms with Crippen LogP contribution in [-0.4, -0.2) is 27.5 Å². The summed E-state index contributed by atoms with van der Waals surface area (Å²) in [5.74, 6) is -1.45. The molecule has 1 aromatic heterocycles. The molecule has 2 heterocycles. The molecule has 1 N–H and O–H groups in total. The SMILES string of the molecule is O=C(O)c1cnn(-c2cccc(F)c2)c1C1CCCO1. The number of hydrogen-bond acceptors (Lipinski definition) is 3. The van der Waals surface area contributed by atoms with Gasteiger partial charge in [0.2, 0.25) is 0 Å². The molecule has 1 aromatic carbocycles. The van der Waals surface area contributed by atoms with Crippen molar-refractivity contribution in [2.24, 2.45) is 0 Å². The quantitative estimate of drug-likeness (QED) is 0.935. The molecule has 1 atom stereocenters. The van der Waals surface area contributed by atoms with E-state index in [0.29, 0.717) is 18.0 Å². The van der Waals surface area contributed by atoms with E-state index in [0.717, 1.165) is 12.8 Å². The van der Waals surface area contributed by atoms with Gasteiger partial charge in [-0.2, -0.15) is 5.10 Å². The number of carboxylic acid groups (broad SMARTS) is 1. The highest BCUT2D eigenvalue weighted by Gasteiger charge is 2.28. The highest BCUT2D eigenvalue weighted by atomic mass is 19.1. The molecule has 20 heavy (non-hydrogen) atoms. The number of carboxylic acids is 1. The second kappa shape index (κ2) is 5.05. The maximum absolute atomic E-state index is 13.3. The van der Waals surface area contributed by atoms with Crippen LogP contribution in [0.25, 0.3) is 5.69 Å². The Kier molecular flexibility index (Phi) is 3.23. The van der Waals surface area contributed by atoms with Crippen LogP contribution in [0, 0.1) is 5.82 Å². The molecule has 0 radical (unpaired) electrons. The molecule has 0 spiro atoms. The largest absolute Gasteiger partial charge is 0.478 e. The van der Waals surface area contributed by atoms with E-state index in [4.69, 9.17) is 4.74 Å². The molecular formula is C14H13FN2O3. The Morgan fingerprint density at radius 2 is 2.35 bits per heavy atom. The van der Waals surface area contributed by atoms with Gasteiger partial charge in [0.25, 0.3) is 0 Å². The van der Waals surface area contributed by atoms with E-state index in [2.05, 4.69) is 5.10 Å². The van der Waals surface area contributed by atoms with Crippen molar-refractivity contribution < 1.29 is 19.0 Å². The number of halogens is 1. The summed E-state index contributed by atoms with van der Waals surface area (Å²) in [5.41, 5.74) is 1.06. The lowest BCUT2D eigenvalue weighted by Crippen LogP contribution is -2.11. The fourth-order valence-electron chi connectivity index (χ4n) is 2.44. The van der Waals surface area contributed by atoms with Gasteiger partial charge >= 0.3 is 5.97 Å². The summed E-state index contributed by atoms with van der Waals surface area (Å²) in [6, 6.07) is 5.89. The summed E-state index contributed by atoms with van der Waals surface area (Å²) < 4.78 is 20.3. The van der Waals surface area contributed by atoms with Gasteiger partial charge in [-0.25, -0.2) is 13.9 Å². The Hall–Kier alpha value is -2.21. The van der Waals surface area contributed by atoms with Crippen LogP contribution >= 0.6 is 0 Å². The van der Waals surface area contributed by atoms with Crippen molar-refractivity contribution in [3.8, 4) is 5.69 Å². The van der Waals surface area contributed by atoms with Crippen molar-refractivity contribution in [1.82, 2.24) is 9.78 Å². The summed E-state index contributed by atoms with van der Waals surface area (Å²) >= 11 is 0. The standard InChI is InChI=1S/C14H13FN2O3/c15-9-3-1-4-10(7-9)17-13(12-5-2-6-20-12)11(8-16-17)14(18)19/h1,3-4,7-8,12H,2,5-6H2,(H,18,19). The van der Waals surface area contributed by atoms with Crippen LogP contribution in [0.15, 0.2) is 30.5 Å². The lowest BCUT2D eigenvalue weighted by atomic mass is 10.1. The molecule has 5 nitrogen and oxygen atoms in total. The summed E-state index contributed by atoms with van der Waals surface area (Å²) in [7, 11) is 0. The number of carbonyl (C=O) groups is 1. The summed E-state index contributed by atoms with van der Waals surface area (Å²) in [6.45, 7) is 0.595. The number of benzene rings is 1. The summed E-state index contributed by atoms with van der Waals surface area (Å²) in [6.07, 6.45) is 2.58. The molecule has 0 amide bonds. The predicted molar refractivity (Wildman–Crippen MR) is 68.4 cm³/mol. The third-order valence-corrected chi connectivity index (χ3v) is 3.32. The van der Waals surface area contributed by atoms with E-state index in [1.54, 1.807) is 12.1 Å². The van der Waals surface area contributed by atoms with Crippen LogP contribution in [0.1, 0.15) is 35.0 Å². The maximum atomic E-state index is 13.3. The molecular weight excluding hydrogens is 263 g/mol. The Morgan fingerprint density at radius 1 is 1.50 bits per heavy atom. The Bertz CT molecular complexity index is 648. The highest BCUT2D eigenvalue weighted by Crippen LogP contribution is 2.32. The lowest BCUT2D eigenvalue weighted by molar-refractivity contribution is 0.0679. The second-order valence-electron chi connectivity index (χ2n) is 4.64. The highest BCUT2D eigenvalue weighted by molar-refractivity contribution is 5.89. The molecule has 0 bridgehead atoms. The molecule has 1 saturated heterocycles. The van der Waals surface area contributed by atoms with Gasteiger partial charge in [-0.3, -0.25) is 0 Å². The monoisotopic (exact) mass is 276 g/mol. The molecule has 1 fully saturated rings. The van der Waals surface area contributed by atoms with Gasteiger partial charge in [0.05, 0.1) is 17.6 Å². The molecule has 0 saturated carbocycles. The molecule has 6 heteroatoms. The van der Waals surface area contributed by atoms with Gasteiger partial charge in [-0.05, 0) is 31.0 Å². The number of hydrogen-bond donors (Lipinski definition) is 1. The maximum Gasteiger partial charge on any atom is 0.339 e. The Labute approximate surface area is 114 Å². The Morgan fingerprint density at radius 3 is 3.00 bits per heavy atom. The molecule has 1 aliphatic rings. The molecule has 0 aliphatic carbocycles. The zero-order chi connectivity index (χ0) is 14.1. The van der Waals surface area contributed by atoms with Gasteiger partial charge in [-0.1, -0.05) is 6.07 Å². The average molecular weight is 276 g/mol. The summed E-state index contributed by atoms with van der Waals surface area (Å²) in [5, 5.41) is 13.3. The third kappa shape index (κ3) is 2.18. The molecule has 104 valence electrons. The van der Waals surface area contributed by atoms with Crippen molar-refractivity contribution >= 4 is 5.97 Å². The fourth-order valence-corrected chi connectivity index (χ4v) is 2.44. The number of rotatable bonds is 3. The van der Waals surface area contributed by atoms with Crippen LogP contribution in [-0.2, 0) is 4.74 Å². The predicted octanol–water partition coefficient (Wildman–Crippen LogP) is 2.56. The van der Waals surface area contributed by atoms with E-state index < -0.39 is 11.8 Å². The van der Waals surface area contributed by atoms with Crippen molar-refractivity contribution in [2.75, 3.05) is 6.61 Å². The van der Waals surface area contributed by atoms with Gasteiger partial charge < -0.3 is 9.84 Å². The first kappa shape index (κ1) is 12.8. The minimum Gasteiger partial charge on any atom is -0.478 e.